The highest BCUT2D eigenvalue weighted by Crippen LogP contribution is 2.27. The second-order valence-corrected chi connectivity index (χ2v) is 11.7. The Morgan fingerprint density at radius 2 is 1.70 bits per heavy atom. The van der Waals surface area contributed by atoms with Crippen LogP contribution in [-0.4, -0.2) is 43.3 Å². The number of benzene rings is 2. The SMILES string of the molecule is CC(C)n1cnc2c(NCc3ccc(-c4ccccc4)cc3)nc(N[C@H]3CC[C@H](NC(=O)OC(C)(C)C)C3)nc21. The average molecular weight is 542 g/mol. The van der Waals surface area contributed by atoms with Crippen molar-refractivity contribution in [2.45, 2.75) is 84.2 Å². The number of hydrogen-bond donors (Lipinski definition) is 3. The summed E-state index contributed by atoms with van der Waals surface area (Å²) in [4.78, 5) is 26.5. The molecule has 1 saturated carbocycles. The van der Waals surface area contributed by atoms with Crippen molar-refractivity contribution < 1.29 is 9.53 Å². The lowest BCUT2D eigenvalue weighted by Gasteiger charge is -2.22. The van der Waals surface area contributed by atoms with Crippen molar-refractivity contribution in [1.82, 2.24) is 24.8 Å². The third-order valence-corrected chi connectivity index (χ3v) is 6.99. The summed E-state index contributed by atoms with van der Waals surface area (Å²) >= 11 is 0. The zero-order chi connectivity index (χ0) is 28.3. The largest absolute Gasteiger partial charge is 0.444 e. The molecule has 5 rings (SSSR count). The minimum atomic E-state index is -0.518. The number of ether oxygens (including phenoxy) is 1. The number of carbonyl (C=O) groups excluding carboxylic acids is 1. The summed E-state index contributed by atoms with van der Waals surface area (Å²) in [5.41, 5.74) is 4.55. The first-order valence-electron chi connectivity index (χ1n) is 14.0. The van der Waals surface area contributed by atoms with Crippen molar-refractivity contribution in [3.63, 3.8) is 0 Å². The summed E-state index contributed by atoms with van der Waals surface area (Å²) in [5.74, 6) is 1.25. The lowest BCUT2D eigenvalue weighted by molar-refractivity contribution is 0.0505. The molecule has 9 nitrogen and oxygen atoms in total. The third kappa shape index (κ3) is 6.70. The molecule has 4 aromatic rings. The molecule has 0 aliphatic heterocycles. The molecule has 3 N–H and O–H groups in total. The molecule has 0 saturated heterocycles. The zero-order valence-corrected chi connectivity index (χ0v) is 23.9. The molecule has 9 heteroatoms. The first-order chi connectivity index (χ1) is 19.1. The number of rotatable bonds is 8. The van der Waals surface area contributed by atoms with Crippen molar-refractivity contribution in [2.75, 3.05) is 10.6 Å². The van der Waals surface area contributed by atoms with Crippen molar-refractivity contribution in [1.29, 1.82) is 0 Å². The van der Waals surface area contributed by atoms with E-state index >= 15 is 0 Å². The van der Waals surface area contributed by atoms with Crippen LogP contribution in [0.4, 0.5) is 16.6 Å². The van der Waals surface area contributed by atoms with Crippen LogP contribution in [0.15, 0.2) is 60.9 Å². The molecular weight excluding hydrogens is 502 g/mol. The van der Waals surface area contributed by atoms with Crippen LogP contribution < -0.4 is 16.0 Å². The Balaban J connectivity index is 1.29. The summed E-state index contributed by atoms with van der Waals surface area (Å²) in [6.45, 7) is 10.4. The molecule has 1 aliphatic rings. The Morgan fingerprint density at radius 3 is 2.40 bits per heavy atom. The zero-order valence-electron chi connectivity index (χ0n) is 23.9. The number of carbonyl (C=O) groups is 1. The van der Waals surface area contributed by atoms with E-state index < -0.39 is 5.60 Å². The summed E-state index contributed by atoms with van der Waals surface area (Å²) in [7, 11) is 0. The smallest absolute Gasteiger partial charge is 0.407 e. The van der Waals surface area contributed by atoms with Gasteiger partial charge in [0.15, 0.2) is 17.0 Å². The number of amides is 1. The van der Waals surface area contributed by atoms with Crippen LogP contribution in [0.5, 0.6) is 0 Å². The van der Waals surface area contributed by atoms with Gasteiger partial charge in [-0.25, -0.2) is 9.78 Å². The second kappa shape index (κ2) is 11.5. The van der Waals surface area contributed by atoms with Gasteiger partial charge in [-0.2, -0.15) is 9.97 Å². The monoisotopic (exact) mass is 541 g/mol. The fourth-order valence-electron chi connectivity index (χ4n) is 5.01. The van der Waals surface area contributed by atoms with E-state index in [9.17, 15) is 4.79 Å². The van der Waals surface area contributed by atoms with Crippen LogP contribution in [-0.2, 0) is 11.3 Å². The van der Waals surface area contributed by atoms with Crippen molar-refractivity contribution in [2.24, 2.45) is 0 Å². The van der Waals surface area contributed by atoms with Gasteiger partial charge in [-0.3, -0.25) is 0 Å². The number of nitrogens with zero attached hydrogens (tertiary/aromatic N) is 4. The predicted molar refractivity (Wildman–Crippen MR) is 159 cm³/mol. The molecule has 2 atom stereocenters. The highest BCUT2D eigenvalue weighted by Gasteiger charge is 2.28. The van der Waals surface area contributed by atoms with E-state index in [-0.39, 0.29) is 24.2 Å². The van der Waals surface area contributed by atoms with Gasteiger partial charge in [0, 0.05) is 24.7 Å². The van der Waals surface area contributed by atoms with Gasteiger partial charge in [0.2, 0.25) is 5.95 Å². The molecule has 2 heterocycles. The lowest BCUT2D eigenvalue weighted by Crippen LogP contribution is -2.38. The van der Waals surface area contributed by atoms with Gasteiger partial charge < -0.3 is 25.3 Å². The van der Waals surface area contributed by atoms with Gasteiger partial charge in [-0.05, 0) is 70.6 Å². The van der Waals surface area contributed by atoms with E-state index in [0.29, 0.717) is 18.3 Å². The minimum Gasteiger partial charge on any atom is -0.444 e. The average Bonchev–Trinajstić information content (AvgIpc) is 3.54. The van der Waals surface area contributed by atoms with Gasteiger partial charge in [0.25, 0.3) is 0 Å². The minimum absolute atomic E-state index is 0.0497. The van der Waals surface area contributed by atoms with E-state index in [2.05, 4.69) is 87.9 Å². The maximum absolute atomic E-state index is 12.2. The van der Waals surface area contributed by atoms with Crippen LogP contribution in [0.1, 0.15) is 65.5 Å². The topological polar surface area (TPSA) is 106 Å². The molecule has 1 amide bonds. The number of hydrogen-bond acceptors (Lipinski definition) is 7. The lowest BCUT2D eigenvalue weighted by atomic mass is 10.0. The van der Waals surface area contributed by atoms with Crippen LogP contribution in [0.2, 0.25) is 0 Å². The Kier molecular flexibility index (Phi) is 7.91. The summed E-state index contributed by atoms with van der Waals surface area (Å²) < 4.78 is 7.48. The van der Waals surface area contributed by atoms with E-state index in [4.69, 9.17) is 14.7 Å². The van der Waals surface area contributed by atoms with Gasteiger partial charge in [-0.1, -0.05) is 54.6 Å². The molecular formula is C31H39N7O2. The van der Waals surface area contributed by atoms with Crippen molar-refractivity contribution in [3.05, 3.63) is 66.5 Å². The molecule has 210 valence electrons. The molecule has 0 bridgehead atoms. The number of anilines is 2. The van der Waals surface area contributed by atoms with Gasteiger partial charge in [0.05, 0.1) is 6.33 Å². The van der Waals surface area contributed by atoms with Gasteiger partial charge in [0.1, 0.15) is 5.60 Å². The maximum atomic E-state index is 12.2. The standard InChI is InChI=1S/C31H39N7O2/c1-20(2)38-19-33-26-27(32-18-21-11-13-23(14-12-21)22-9-7-6-8-10-22)36-29(37-28(26)38)34-24-15-16-25(17-24)35-30(39)40-31(3,4)5/h6-14,19-20,24-25H,15-18H2,1-5H3,(H,35,39)(H2,32,34,36,37)/t24-,25-/m0/s1. The number of nitrogens with one attached hydrogen (secondary N) is 3. The summed E-state index contributed by atoms with van der Waals surface area (Å²) in [6.07, 6.45) is 4.00. The Bertz CT molecular complexity index is 1440. The van der Waals surface area contributed by atoms with Crippen molar-refractivity contribution in [3.8, 4) is 11.1 Å². The van der Waals surface area contributed by atoms with E-state index in [1.165, 1.54) is 11.1 Å². The quantitative estimate of drug-likeness (QED) is 0.232. The van der Waals surface area contributed by atoms with E-state index in [0.717, 1.165) is 36.0 Å². The molecule has 40 heavy (non-hydrogen) atoms. The normalized spacial score (nSPS) is 17.2. The Labute approximate surface area is 235 Å². The van der Waals surface area contributed by atoms with E-state index in [1.807, 2.05) is 33.2 Å². The fraction of sp³-hybridized carbons (Fsp3) is 0.419. The second-order valence-electron chi connectivity index (χ2n) is 11.7. The fourth-order valence-corrected chi connectivity index (χ4v) is 5.01. The number of aromatic nitrogens is 4. The third-order valence-electron chi connectivity index (χ3n) is 6.99. The molecule has 2 aromatic heterocycles. The molecule has 1 aliphatic carbocycles. The summed E-state index contributed by atoms with van der Waals surface area (Å²) in [6, 6.07) is 19.3. The summed E-state index contributed by atoms with van der Waals surface area (Å²) in [5, 5.41) is 10.0. The van der Waals surface area contributed by atoms with Crippen LogP contribution >= 0.6 is 0 Å². The van der Waals surface area contributed by atoms with E-state index in [1.54, 1.807) is 0 Å². The Morgan fingerprint density at radius 1 is 1.00 bits per heavy atom. The molecule has 0 radical (unpaired) electrons. The molecule has 1 fully saturated rings. The van der Waals surface area contributed by atoms with Crippen LogP contribution in [0, 0.1) is 0 Å². The number of fused-ring (bicyclic) bond motifs is 1. The van der Waals surface area contributed by atoms with Gasteiger partial charge in [-0.15, -0.1) is 0 Å². The highest BCUT2D eigenvalue weighted by atomic mass is 16.6. The molecule has 2 aromatic carbocycles. The van der Waals surface area contributed by atoms with Crippen LogP contribution in [0.25, 0.3) is 22.3 Å². The highest BCUT2D eigenvalue weighted by molar-refractivity contribution is 5.84. The van der Waals surface area contributed by atoms with Gasteiger partial charge >= 0.3 is 6.09 Å². The first kappa shape index (κ1) is 27.4. The predicted octanol–water partition coefficient (Wildman–Crippen LogP) is 6.54. The van der Waals surface area contributed by atoms with Crippen molar-refractivity contribution >= 4 is 29.0 Å². The maximum Gasteiger partial charge on any atom is 0.407 e. The number of alkyl carbamates (subject to hydrolysis) is 1. The molecule has 0 spiro atoms. The number of imidazole rings is 1. The molecule has 0 unspecified atom stereocenters. The van der Waals surface area contributed by atoms with Crippen LogP contribution in [0.3, 0.4) is 0 Å². The Hall–Kier alpha value is -4.14. The first-order valence-corrected chi connectivity index (χ1v) is 14.0.